The number of rotatable bonds is 0. The Morgan fingerprint density at radius 3 is 3.56 bits per heavy atom. The molecule has 0 bridgehead atoms. The lowest BCUT2D eigenvalue weighted by Gasteiger charge is -1.92. The van der Waals surface area contributed by atoms with E-state index in [0.29, 0.717) is 0 Å². The van der Waals surface area contributed by atoms with Crippen LogP contribution in [-0.2, 0) is 6.42 Å². The number of nitrogens with zero attached hydrogens (tertiary/aromatic N) is 1. The lowest BCUT2D eigenvalue weighted by Crippen LogP contribution is -1.85. The van der Waals surface area contributed by atoms with E-state index in [1.54, 1.807) is 6.07 Å². The van der Waals surface area contributed by atoms with Gasteiger partial charge in [0.15, 0.2) is 0 Å². The Balaban J connectivity index is 2.54. The second-order valence-corrected chi connectivity index (χ2v) is 2.02. The lowest BCUT2D eigenvalue weighted by molar-refractivity contribution is 0.356. The fourth-order valence-corrected chi connectivity index (χ4v) is 0.960. The quantitative estimate of drug-likeness (QED) is 0.505. The van der Waals surface area contributed by atoms with Crippen LogP contribution in [0, 0.1) is 6.20 Å². The molecular weight excluding hydrogens is 114 g/mol. The van der Waals surface area contributed by atoms with Gasteiger partial charge in [0.25, 0.3) is 0 Å². The minimum atomic E-state index is 0.800. The van der Waals surface area contributed by atoms with E-state index < -0.39 is 0 Å². The molecule has 1 aliphatic heterocycles. The maximum absolute atomic E-state index is 5.23. The van der Waals surface area contributed by atoms with Gasteiger partial charge < -0.3 is 4.74 Å². The zero-order valence-corrected chi connectivity index (χ0v) is 4.92. The molecule has 0 aliphatic carbocycles. The van der Waals surface area contributed by atoms with Crippen LogP contribution in [0.5, 0.6) is 5.75 Å². The van der Waals surface area contributed by atoms with E-state index in [9.17, 15) is 0 Å². The smallest absolute Gasteiger partial charge is 0.126 e. The summed E-state index contributed by atoms with van der Waals surface area (Å²) >= 11 is 0. The van der Waals surface area contributed by atoms with Gasteiger partial charge in [-0.25, -0.2) is 0 Å². The van der Waals surface area contributed by atoms with Gasteiger partial charge in [-0.15, -0.1) is 0 Å². The minimum Gasteiger partial charge on any atom is -0.493 e. The highest BCUT2D eigenvalue weighted by atomic mass is 16.5. The molecule has 0 aromatic carbocycles. The van der Waals surface area contributed by atoms with Crippen LogP contribution in [0.25, 0.3) is 0 Å². The van der Waals surface area contributed by atoms with Gasteiger partial charge in [0.2, 0.25) is 0 Å². The highest BCUT2D eigenvalue weighted by molar-refractivity contribution is 5.32. The summed E-state index contributed by atoms with van der Waals surface area (Å²) in [5.41, 5.74) is 1.20. The Bertz CT molecular complexity index is 199. The first-order chi connectivity index (χ1) is 4.47. The molecule has 0 saturated heterocycles. The van der Waals surface area contributed by atoms with Crippen LogP contribution in [-0.4, -0.2) is 11.6 Å². The van der Waals surface area contributed by atoms with Crippen molar-refractivity contribution in [1.82, 2.24) is 4.98 Å². The highest BCUT2D eigenvalue weighted by Crippen LogP contribution is 2.21. The molecule has 0 unspecified atom stereocenters. The number of ether oxygens (including phenoxy) is 1. The summed E-state index contributed by atoms with van der Waals surface area (Å²) in [7, 11) is 0. The van der Waals surface area contributed by atoms with Crippen molar-refractivity contribution in [3.05, 3.63) is 24.0 Å². The van der Waals surface area contributed by atoms with Gasteiger partial charge in [-0.3, -0.25) is 4.98 Å². The van der Waals surface area contributed by atoms with Crippen molar-refractivity contribution in [1.29, 1.82) is 0 Å². The molecule has 1 aromatic heterocycles. The zero-order valence-electron chi connectivity index (χ0n) is 4.92. The maximum atomic E-state index is 5.23. The monoisotopic (exact) mass is 120 g/mol. The third-order valence-corrected chi connectivity index (χ3v) is 1.44. The first kappa shape index (κ1) is 4.79. The van der Waals surface area contributed by atoms with Gasteiger partial charge in [0.1, 0.15) is 5.75 Å². The number of hydrogen-bond donors (Lipinski definition) is 0. The van der Waals surface area contributed by atoms with E-state index in [-0.39, 0.29) is 0 Å². The van der Waals surface area contributed by atoms with Crippen LogP contribution < -0.4 is 4.74 Å². The van der Waals surface area contributed by atoms with Crippen molar-refractivity contribution >= 4 is 0 Å². The predicted octanol–water partition coefficient (Wildman–Crippen LogP) is 0.817. The molecule has 1 aromatic rings. The third-order valence-electron chi connectivity index (χ3n) is 1.44. The van der Waals surface area contributed by atoms with Crippen molar-refractivity contribution < 1.29 is 4.74 Å². The average molecular weight is 120 g/mol. The molecule has 1 radical (unpaired) electrons. The van der Waals surface area contributed by atoms with E-state index in [1.807, 2.05) is 6.20 Å². The van der Waals surface area contributed by atoms with Crippen LogP contribution in [0.3, 0.4) is 0 Å². The van der Waals surface area contributed by atoms with Crippen molar-refractivity contribution in [2.75, 3.05) is 6.61 Å². The first-order valence-corrected chi connectivity index (χ1v) is 2.94. The molecule has 9 heavy (non-hydrogen) atoms. The van der Waals surface area contributed by atoms with Gasteiger partial charge in [-0.1, -0.05) is 0 Å². The summed E-state index contributed by atoms with van der Waals surface area (Å²) in [6, 6.07) is 1.78. The number of pyridine rings is 1. The zero-order chi connectivity index (χ0) is 6.10. The fraction of sp³-hybridized carbons (Fsp3) is 0.286. The van der Waals surface area contributed by atoms with E-state index in [0.717, 1.165) is 18.8 Å². The molecule has 0 fully saturated rings. The SMILES string of the molecule is [c]1cc2c(cn1)CCO2. The predicted molar refractivity (Wildman–Crippen MR) is 32.3 cm³/mol. The van der Waals surface area contributed by atoms with Crippen molar-refractivity contribution in [2.45, 2.75) is 6.42 Å². The Kier molecular flexibility index (Phi) is 0.918. The summed E-state index contributed by atoms with van der Waals surface area (Å²) < 4.78 is 5.23. The van der Waals surface area contributed by atoms with Crippen LogP contribution >= 0.6 is 0 Å². The highest BCUT2D eigenvalue weighted by Gasteiger charge is 2.09. The van der Waals surface area contributed by atoms with Crippen molar-refractivity contribution in [2.24, 2.45) is 0 Å². The summed E-state index contributed by atoms with van der Waals surface area (Å²) in [6.07, 6.45) is 5.52. The maximum Gasteiger partial charge on any atom is 0.126 e. The number of hydrogen-bond acceptors (Lipinski definition) is 2. The lowest BCUT2D eigenvalue weighted by atomic mass is 10.2. The molecule has 0 saturated carbocycles. The van der Waals surface area contributed by atoms with Crippen LogP contribution in [0.2, 0.25) is 0 Å². The van der Waals surface area contributed by atoms with Crippen LogP contribution in [0.15, 0.2) is 12.3 Å². The normalized spacial score (nSPS) is 14.7. The Morgan fingerprint density at radius 1 is 1.67 bits per heavy atom. The summed E-state index contributed by atoms with van der Waals surface area (Å²) in [5, 5.41) is 0. The molecule has 1 aliphatic rings. The van der Waals surface area contributed by atoms with Crippen molar-refractivity contribution in [3.63, 3.8) is 0 Å². The molecule has 0 spiro atoms. The van der Waals surface area contributed by atoms with Gasteiger partial charge >= 0.3 is 0 Å². The summed E-state index contributed by atoms with van der Waals surface area (Å²) in [6.45, 7) is 0.800. The van der Waals surface area contributed by atoms with Gasteiger partial charge in [-0.2, -0.15) is 0 Å². The Hall–Kier alpha value is -1.05. The van der Waals surface area contributed by atoms with E-state index in [2.05, 4.69) is 11.2 Å². The molecule has 0 N–H and O–H groups in total. The number of aromatic nitrogens is 1. The van der Waals surface area contributed by atoms with Gasteiger partial charge in [0, 0.05) is 24.2 Å². The topological polar surface area (TPSA) is 22.1 Å². The molecule has 2 nitrogen and oxygen atoms in total. The van der Waals surface area contributed by atoms with E-state index in [4.69, 9.17) is 4.74 Å². The third kappa shape index (κ3) is 0.669. The number of fused-ring (bicyclic) bond motifs is 1. The minimum absolute atomic E-state index is 0.800. The molecule has 45 valence electrons. The van der Waals surface area contributed by atoms with E-state index in [1.165, 1.54) is 5.56 Å². The second-order valence-electron chi connectivity index (χ2n) is 2.02. The standard InChI is InChI=1S/C7H6NO/c1-3-8-5-6-2-4-9-7(1)6/h1,5H,2,4H2. The van der Waals surface area contributed by atoms with Crippen LogP contribution in [0.4, 0.5) is 0 Å². The van der Waals surface area contributed by atoms with Crippen molar-refractivity contribution in [3.8, 4) is 5.75 Å². The Morgan fingerprint density at radius 2 is 2.67 bits per heavy atom. The molecule has 0 amide bonds. The van der Waals surface area contributed by atoms with E-state index >= 15 is 0 Å². The molecular formula is C7H6NO. The Labute approximate surface area is 53.5 Å². The summed E-state index contributed by atoms with van der Waals surface area (Å²) in [5.74, 6) is 0.949. The first-order valence-electron chi connectivity index (χ1n) is 2.94. The average Bonchev–Trinajstić information content (AvgIpc) is 2.33. The molecule has 2 heterocycles. The molecule has 0 atom stereocenters. The van der Waals surface area contributed by atoms with Gasteiger partial charge in [-0.05, 0) is 0 Å². The largest absolute Gasteiger partial charge is 0.493 e. The fourth-order valence-electron chi connectivity index (χ4n) is 0.960. The molecule has 2 heteroatoms. The van der Waals surface area contributed by atoms with Gasteiger partial charge in [0.05, 0.1) is 12.8 Å². The molecule has 2 rings (SSSR count). The second kappa shape index (κ2) is 1.72. The van der Waals surface area contributed by atoms with Crippen LogP contribution in [0.1, 0.15) is 5.56 Å². The summed E-state index contributed by atoms with van der Waals surface area (Å²) in [4.78, 5) is 3.85.